The molecular formula is C19H16BrClN2O2. The lowest BCUT2D eigenvalue weighted by Crippen LogP contribution is -2.09. The molecule has 0 aliphatic heterocycles. The van der Waals surface area contributed by atoms with E-state index in [0.29, 0.717) is 22.9 Å². The minimum atomic E-state index is -0.422. The Labute approximate surface area is 159 Å². The Morgan fingerprint density at radius 1 is 1.28 bits per heavy atom. The number of carbonyl (C=O) groups is 1. The first-order valence-corrected chi connectivity index (χ1v) is 8.95. The number of nitrogens with zero attached hydrogens (tertiary/aromatic N) is 1. The molecule has 0 atom stereocenters. The molecule has 1 heterocycles. The molecule has 1 N–H and O–H groups in total. The Morgan fingerprint density at radius 2 is 2.00 bits per heavy atom. The lowest BCUT2D eigenvalue weighted by Gasteiger charge is -2.15. The van der Waals surface area contributed by atoms with Gasteiger partial charge < -0.3 is 10.1 Å². The van der Waals surface area contributed by atoms with Crippen LogP contribution in [0.4, 0.5) is 11.4 Å². The SMILES string of the molecule is CCOC(=O)c1cnc2c(C)cc(Cl)cc2c1Nc1ccc(Br)cc1. The number of hydrogen-bond donors (Lipinski definition) is 1. The summed E-state index contributed by atoms with van der Waals surface area (Å²) in [4.78, 5) is 16.8. The fourth-order valence-electron chi connectivity index (χ4n) is 2.61. The molecule has 0 fully saturated rings. The number of fused-ring (bicyclic) bond motifs is 1. The molecule has 0 radical (unpaired) electrons. The van der Waals surface area contributed by atoms with Crippen LogP contribution < -0.4 is 5.32 Å². The van der Waals surface area contributed by atoms with E-state index < -0.39 is 5.97 Å². The van der Waals surface area contributed by atoms with Crippen LogP contribution in [0.2, 0.25) is 5.02 Å². The van der Waals surface area contributed by atoms with Crippen LogP contribution in [0.1, 0.15) is 22.8 Å². The zero-order valence-electron chi connectivity index (χ0n) is 13.8. The maximum absolute atomic E-state index is 12.4. The topological polar surface area (TPSA) is 51.2 Å². The van der Waals surface area contributed by atoms with Gasteiger partial charge in [-0.25, -0.2) is 4.79 Å². The summed E-state index contributed by atoms with van der Waals surface area (Å²) in [6.45, 7) is 4.01. The first-order chi connectivity index (χ1) is 12.0. The zero-order valence-corrected chi connectivity index (χ0v) is 16.1. The summed E-state index contributed by atoms with van der Waals surface area (Å²) in [6.07, 6.45) is 1.54. The largest absolute Gasteiger partial charge is 0.462 e. The van der Waals surface area contributed by atoms with Gasteiger partial charge in [0.25, 0.3) is 0 Å². The number of pyridine rings is 1. The van der Waals surface area contributed by atoms with Crippen LogP contribution in [0.3, 0.4) is 0 Å². The highest BCUT2D eigenvalue weighted by atomic mass is 79.9. The maximum Gasteiger partial charge on any atom is 0.341 e. The molecule has 0 saturated heterocycles. The first-order valence-electron chi connectivity index (χ1n) is 7.78. The molecule has 6 heteroatoms. The summed E-state index contributed by atoms with van der Waals surface area (Å²) in [7, 11) is 0. The van der Waals surface area contributed by atoms with Gasteiger partial charge in [-0.2, -0.15) is 0 Å². The molecule has 0 saturated carbocycles. The van der Waals surface area contributed by atoms with Crippen molar-refractivity contribution in [2.24, 2.45) is 0 Å². The van der Waals surface area contributed by atoms with Crippen molar-refractivity contribution in [3.05, 3.63) is 63.2 Å². The molecule has 25 heavy (non-hydrogen) atoms. The molecular weight excluding hydrogens is 404 g/mol. The molecule has 0 aliphatic carbocycles. The molecule has 0 amide bonds. The van der Waals surface area contributed by atoms with Crippen LogP contribution in [0.5, 0.6) is 0 Å². The van der Waals surface area contributed by atoms with Gasteiger partial charge in [-0.05, 0) is 55.8 Å². The van der Waals surface area contributed by atoms with Gasteiger partial charge in [0.15, 0.2) is 0 Å². The smallest absolute Gasteiger partial charge is 0.341 e. The van der Waals surface area contributed by atoms with Crippen LogP contribution in [-0.4, -0.2) is 17.6 Å². The van der Waals surface area contributed by atoms with Gasteiger partial charge in [-0.15, -0.1) is 0 Å². The van der Waals surface area contributed by atoms with E-state index in [0.717, 1.165) is 26.6 Å². The number of hydrogen-bond acceptors (Lipinski definition) is 4. The highest BCUT2D eigenvalue weighted by molar-refractivity contribution is 9.10. The summed E-state index contributed by atoms with van der Waals surface area (Å²) in [5.74, 6) is -0.422. The number of nitrogens with one attached hydrogen (secondary N) is 1. The van der Waals surface area contributed by atoms with Crippen molar-refractivity contribution in [3.8, 4) is 0 Å². The second-order valence-electron chi connectivity index (χ2n) is 5.52. The summed E-state index contributed by atoms with van der Waals surface area (Å²) < 4.78 is 6.15. The summed E-state index contributed by atoms with van der Waals surface area (Å²) in [5, 5.41) is 4.68. The number of carbonyl (C=O) groups excluding carboxylic acids is 1. The zero-order chi connectivity index (χ0) is 18.0. The summed E-state index contributed by atoms with van der Waals surface area (Å²) in [5.41, 5.74) is 3.59. The number of esters is 1. The summed E-state index contributed by atoms with van der Waals surface area (Å²) >= 11 is 9.65. The van der Waals surface area contributed by atoms with Gasteiger partial charge in [0.1, 0.15) is 5.56 Å². The van der Waals surface area contributed by atoms with E-state index in [-0.39, 0.29) is 0 Å². The lowest BCUT2D eigenvalue weighted by molar-refractivity contribution is 0.0527. The van der Waals surface area contributed by atoms with Gasteiger partial charge in [-0.3, -0.25) is 4.98 Å². The molecule has 128 valence electrons. The third-order valence-corrected chi connectivity index (χ3v) is 4.48. The van der Waals surface area contributed by atoms with E-state index >= 15 is 0 Å². The van der Waals surface area contributed by atoms with Crippen LogP contribution in [0.15, 0.2) is 47.1 Å². The Bertz CT molecular complexity index is 942. The third-order valence-electron chi connectivity index (χ3n) is 3.74. The quantitative estimate of drug-likeness (QED) is 0.537. The molecule has 4 nitrogen and oxygen atoms in total. The van der Waals surface area contributed by atoms with Crippen molar-refractivity contribution >= 4 is 55.8 Å². The normalized spacial score (nSPS) is 10.7. The minimum absolute atomic E-state index is 0.295. The number of halogens is 2. The number of anilines is 2. The van der Waals surface area contributed by atoms with Gasteiger partial charge >= 0.3 is 5.97 Å². The van der Waals surface area contributed by atoms with E-state index in [1.807, 2.05) is 37.3 Å². The second kappa shape index (κ2) is 7.42. The molecule has 3 aromatic rings. The van der Waals surface area contributed by atoms with Crippen molar-refractivity contribution in [2.75, 3.05) is 11.9 Å². The van der Waals surface area contributed by atoms with Gasteiger partial charge in [-0.1, -0.05) is 27.5 Å². The highest BCUT2D eigenvalue weighted by Gasteiger charge is 2.18. The van der Waals surface area contributed by atoms with Gasteiger partial charge in [0, 0.05) is 26.8 Å². The van der Waals surface area contributed by atoms with Crippen LogP contribution in [-0.2, 0) is 4.74 Å². The minimum Gasteiger partial charge on any atom is -0.462 e. The van der Waals surface area contributed by atoms with Crippen LogP contribution in [0.25, 0.3) is 10.9 Å². The predicted octanol–water partition coefficient (Wildman–Crippen LogP) is 5.88. The lowest BCUT2D eigenvalue weighted by atomic mass is 10.1. The third kappa shape index (κ3) is 3.78. The highest BCUT2D eigenvalue weighted by Crippen LogP contribution is 2.33. The van der Waals surface area contributed by atoms with Crippen molar-refractivity contribution in [2.45, 2.75) is 13.8 Å². The van der Waals surface area contributed by atoms with Crippen LogP contribution >= 0.6 is 27.5 Å². The van der Waals surface area contributed by atoms with Gasteiger partial charge in [0.05, 0.1) is 17.8 Å². The molecule has 0 aliphatic rings. The van der Waals surface area contributed by atoms with E-state index in [1.165, 1.54) is 0 Å². The molecule has 2 aromatic carbocycles. The fraction of sp³-hybridized carbons (Fsp3) is 0.158. The van der Waals surface area contributed by atoms with Crippen molar-refractivity contribution < 1.29 is 9.53 Å². The average molecular weight is 420 g/mol. The number of benzene rings is 2. The van der Waals surface area contributed by atoms with E-state index in [4.69, 9.17) is 16.3 Å². The Hall–Kier alpha value is -2.11. The van der Waals surface area contributed by atoms with Crippen molar-refractivity contribution in [1.82, 2.24) is 4.98 Å². The predicted molar refractivity (Wildman–Crippen MR) is 105 cm³/mol. The van der Waals surface area contributed by atoms with Crippen LogP contribution in [0, 0.1) is 6.92 Å². The second-order valence-corrected chi connectivity index (χ2v) is 6.87. The number of aromatic nitrogens is 1. The molecule has 1 aromatic heterocycles. The molecule has 0 bridgehead atoms. The Kier molecular flexibility index (Phi) is 5.25. The Balaban J connectivity index is 2.21. The number of aryl methyl sites for hydroxylation is 1. The average Bonchev–Trinajstić information content (AvgIpc) is 2.57. The Morgan fingerprint density at radius 3 is 2.68 bits per heavy atom. The molecule has 0 spiro atoms. The van der Waals surface area contributed by atoms with E-state index in [9.17, 15) is 4.79 Å². The van der Waals surface area contributed by atoms with Crippen molar-refractivity contribution in [1.29, 1.82) is 0 Å². The molecule has 3 rings (SSSR count). The maximum atomic E-state index is 12.4. The van der Waals surface area contributed by atoms with E-state index in [1.54, 1.807) is 19.2 Å². The first kappa shape index (κ1) is 17.7. The number of ether oxygens (including phenoxy) is 1. The summed E-state index contributed by atoms with van der Waals surface area (Å²) in [6, 6.07) is 11.3. The van der Waals surface area contributed by atoms with Crippen molar-refractivity contribution in [3.63, 3.8) is 0 Å². The fourth-order valence-corrected chi connectivity index (χ4v) is 3.15. The van der Waals surface area contributed by atoms with E-state index in [2.05, 4.69) is 26.2 Å². The monoisotopic (exact) mass is 418 g/mol. The standard InChI is InChI=1S/C19H16BrClN2O2/c1-3-25-19(24)16-10-22-17-11(2)8-13(21)9-15(17)18(16)23-14-6-4-12(20)5-7-14/h4-10H,3H2,1-2H3,(H,22,23). The van der Waals surface area contributed by atoms with Gasteiger partial charge in [0.2, 0.25) is 0 Å². The molecule has 0 unspecified atom stereocenters. The number of rotatable bonds is 4.